The molecule has 0 saturated heterocycles. The van der Waals surface area contributed by atoms with Crippen LogP contribution < -0.4 is 10.2 Å². The normalized spacial score (nSPS) is 11.1. The maximum atomic E-state index is 14.2. The molecule has 1 N–H and O–H groups in total. The average molecular weight is 290 g/mol. The van der Waals surface area contributed by atoms with E-state index in [0.29, 0.717) is 24.7 Å². The number of hydrogen-bond donors (Lipinski definition) is 1. The first kappa shape index (κ1) is 15.6. The van der Waals surface area contributed by atoms with E-state index in [4.69, 9.17) is 4.42 Å². The summed E-state index contributed by atoms with van der Waals surface area (Å²) in [5, 5.41) is 3.29. The minimum Gasteiger partial charge on any atom is -0.467 e. The van der Waals surface area contributed by atoms with Crippen LogP contribution in [-0.2, 0) is 13.1 Å². The van der Waals surface area contributed by atoms with Crippen LogP contribution in [0.4, 0.5) is 10.1 Å². The molecule has 0 saturated carbocycles. The number of anilines is 1. The molecule has 0 aliphatic carbocycles. The number of furan rings is 1. The lowest BCUT2D eigenvalue weighted by Crippen LogP contribution is -2.27. The minimum absolute atomic E-state index is 0.168. The molecule has 0 atom stereocenters. The molecule has 0 spiro atoms. The van der Waals surface area contributed by atoms with Gasteiger partial charge in [-0.1, -0.05) is 19.9 Å². The number of halogens is 1. The highest BCUT2D eigenvalue weighted by atomic mass is 19.1. The summed E-state index contributed by atoms with van der Waals surface area (Å²) in [7, 11) is 0. The maximum Gasteiger partial charge on any atom is 0.129 e. The zero-order valence-corrected chi connectivity index (χ0v) is 12.9. The first-order valence-corrected chi connectivity index (χ1v) is 7.40. The third kappa shape index (κ3) is 4.08. The van der Waals surface area contributed by atoms with E-state index in [1.165, 1.54) is 6.07 Å². The van der Waals surface area contributed by atoms with E-state index < -0.39 is 0 Å². The molecule has 2 aromatic rings. The highest BCUT2D eigenvalue weighted by molar-refractivity contribution is 5.54. The molecule has 0 radical (unpaired) electrons. The van der Waals surface area contributed by atoms with E-state index in [2.05, 4.69) is 31.0 Å². The van der Waals surface area contributed by atoms with Gasteiger partial charge in [0.05, 0.1) is 12.8 Å². The Bertz CT molecular complexity index is 552. The van der Waals surface area contributed by atoms with Crippen LogP contribution in [-0.4, -0.2) is 12.6 Å². The van der Waals surface area contributed by atoms with Crippen LogP contribution in [0, 0.1) is 5.82 Å². The molecule has 1 heterocycles. The molecule has 0 fully saturated rings. The van der Waals surface area contributed by atoms with Crippen molar-refractivity contribution >= 4 is 5.69 Å². The lowest BCUT2D eigenvalue weighted by Gasteiger charge is -2.25. The second kappa shape index (κ2) is 7.27. The highest BCUT2D eigenvalue weighted by Gasteiger charge is 2.15. The van der Waals surface area contributed by atoms with Gasteiger partial charge in [0.15, 0.2) is 0 Å². The fourth-order valence-electron chi connectivity index (χ4n) is 2.28. The third-order valence-electron chi connectivity index (χ3n) is 3.43. The van der Waals surface area contributed by atoms with Crippen molar-refractivity contribution in [2.24, 2.45) is 0 Å². The second-order valence-electron chi connectivity index (χ2n) is 5.37. The zero-order valence-electron chi connectivity index (χ0n) is 12.9. The van der Waals surface area contributed by atoms with Gasteiger partial charge >= 0.3 is 0 Å². The van der Waals surface area contributed by atoms with Crippen LogP contribution in [0.3, 0.4) is 0 Å². The van der Waals surface area contributed by atoms with Crippen LogP contribution in [0.25, 0.3) is 0 Å². The van der Waals surface area contributed by atoms with Gasteiger partial charge in [0.25, 0.3) is 0 Å². The molecule has 0 aliphatic rings. The van der Waals surface area contributed by atoms with Crippen molar-refractivity contribution in [3.63, 3.8) is 0 Å². The first-order chi connectivity index (χ1) is 10.1. The van der Waals surface area contributed by atoms with Gasteiger partial charge < -0.3 is 14.6 Å². The Morgan fingerprint density at radius 2 is 2.05 bits per heavy atom. The van der Waals surface area contributed by atoms with Crippen molar-refractivity contribution < 1.29 is 8.81 Å². The van der Waals surface area contributed by atoms with E-state index >= 15 is 0 Å². The van der Waals surface area contributed by atoms with E-state index in [1.807, 2.05) is 18.2 Å². The largest absolute Gasteiger partial charge is 0.467 e. The van der Waals surface area contributed by atoms with E-state index in [1.54, 1.807) is 12.3 Å². The predicted octanol–water partition coefficient (Wildman–Crippen LogP) is 3.94. The molecular formula is C17H23FN2O. The highest BCUT2D eigenvalue weighted by Crippen LogP contribution is 2.25. The molecule has 0 bridgehead atoms. The standard InChI is InChI=1S/C17H23FN2O/c1-4-20(12-14-7-6-10-21-14)17-9-5-8-16(18)15(17)11-19-13(2)3/h5-10,13,19H,4,11-12H2,1-3H3. The molecule has 3 nitrogen and oxygen atoms in total. The lowest BCUT2D eigenvalue weighted by atomic mass is 10.1. The Morgan fingerprint density at radius 1 is 1.24 bits per heavy atom. The van der Waals surface area contributed by atoms with E-state index in [9.17, 15) is 4.39 Å². The Kier molecular flexibility index (Phi) is 5.39. The van der Waals surface area contributed by atoms with Crippen molar-refractivity contribution in [2.45, 2.75) is 39.9 Å². The van der Waals surface area contributed by atoms with Gasteiger partial charge in [0.1, 0.15) is 11.6 Å². The Morgan fingerprint density at radius 3 is 2.67 bits per heavy atom. The number of hydrogen-bond acceptors (Lipinski definition) is 3. The molecule has 2 rings (SSSR count). The molecule has 1 aromatic heterocycles. The van der Waals surface area contributed by atoms with Gasteiger partial charge in [-0.3, -0.25) is 0 Å². The van der Waals surface area contributed by atoms with Gasteiger partial charge in [-0.15, -0.1) is 0 Å². The summed E-state index contributed by atoms with van der Waals surface area (Å²) in [4.78, 5) is 2.12. The van der Waals surface area contributed by atoms with Crippen molar-refractivity contribution in [1.82, 2.24) is 5.32 Å². The van der Waals surface area contributed by atoms with Gasteiger partial charge in [0, 0.05) is 30.4 Å². The fourth-order valence-corrected chi connectivity index (χ4v) is 2.28. The van der Waals surface area contributed by atoms with Crippen molar-refractivity contribution in [1.29, 1.82) is 0 Å². The number of benzene rings is 1. The average Bonchev–Trinajstić information content (AvgIpc) is 2.96. The summed E-state index contributed by atoms with van der Waals surface area (Å²) < 4.78 is 19.6. The number of nitrogens with one attached hydrogen (secondary N) is 1. The zero-order chi connectivity index (χ0) is 15.2. The Hall–Kier alpha value is -1.81. The Labute approximate surface area is 125 Å². The smallest absolute Gasteiger partial charge is 0.129 e. The molecule has 0 unspecified atom stereocenters. The van der Waals surface area contributed by atoms with Crippen molar-refractivity contribution in [2.75, 3.05) is 11.4 Å². The summed E-state index contributed by atoms with van der Waals surface area (Å²) in [6.45, 7) is 8.13. The van der Waals surface area contributed by atoms with Gasteiger partial charge in [0.2, 0.25) is 0 Å². The molecule has 1 aromatic carbocycles. The second-order valence-corrected chi connectivity index (χ2v) is 5.37. The molecule has 0 aliphatic heterocycles. The topological polar surface area (TPSA) is 28.4 Å². The number of rotatable bonds is 7. The monoisotopic (exact) mass is 290 g/mol. The molecule has 21 heavy (non-hydrogen) atoms. The van der Waals surface area contributed by atoms with E-state index in [0.717, 1.165) is 18.0 Å². The molecule has 114 valence electrons. The molecule has 0 amide bonds. The van der Waals surface area contributed by atoms with Crippen molar-refractivity contribution in [3.05, 3.63) is 53.7 Å². The van der Waals surface area contributed by atoms with Crippen LogP contribution in [0.15, 0.2) is 41.0 Å². The lowest BCUT2D eigenvalue weighted by molar-refractivity contribution is 0.501. The summed E-state index contributed by atoms with van der Waals surface area (Å²) in [5.41, 5.74) is 1.63. The summed E-state index contributed by atoms with van der Waals surface area (Å²) >= 11 is 0. The summed E-state index contributed by atoms with van der Waals surface area (Å²) in [5.74, 6) is 0.711. The predicted molar refractivity (Wildman–Crippen MR) is 83.8 cm³/mol. The van der Waals surface area contributed by atoms with Gasteiger partial charge in [-0.25, -0.2) is 4.39 Å². The maximum absolute atomic E-state index is 14.2. The SMILES string of the molecule is CCN(Cc1ccco1)c1cccc(F)c1CNC(C)C. The van der Waals surface area contributed by atoms with Crippen LogP contribution >= 0.6 is 0 Å². The van der Waals surface area contributed by atoms with Gasteiger partial charge in [-0.2, -0.15) is 0 Å². The summed E-state index contributed by atoms with van der Waals surface area (Å²) in [6, 6.07) is 9.37. The van der Waals surface area contributed by atoms with Crippen molar-refractivity contribution in [3.8, 4) is 0 Å². The third-order valence-corrected chi connectivity index (χ3v) is 3.43. The Balaban J connectivity index is 2.25. The van der Waals surface area contributed by atoms with Crippen LogP contribution in [0.5, 0.6) is 0 Å². The quantitative estimate of drug-likeness (QED) is 0.837. The van der Waals surface area contributed by atoms with Crippen LogP contribution in [0.1, 0.15) is 32.1 Å². The first-order valence-electron chi connectivity index (χ1n) is 7.40. The molecule has 4 heteroatoms. The minimum atomic E-state index is -0.168. The van der Waals surface area contributed by atoms with Crippen LogP contribution in [0.2, 0.25) is 0 Å². The van der Waals surface area contributed by atoms with E-state index in [-0.39, 0.29) is 5.82 Å². The molecular weight excluding hydrogens is 267 g/mol. The number of nitrogens with zero attached hydrogens (tertiary/aromatic N) is 1. The summed E-state index contributed by atoms with van der Waals surface area (Å²) in [6.07, 6.45) is 1.66. The fraction of sp³-hybridized carbons (Fsp3) is 0.412. The van der Waals surface area contributed by atoms with Gasteiger partial charge in [-0.05, 0) is 31.2 Å².